The molecule has 0 fully saturated rings. The van der Waals surface area contributed by atoms with E-state index in [0.29, 0.717) is 5.28 Å². The molecule has 2 aromatic rings. The summed E-state index contributed by atoms with van der Waals surface area (Å²) in [5.41, 5.74) is 2.86. The number of halogens is 2. The molecule has 68 valence electrons. The Morgan fingerprint density at radius 2 is 2.00 bits per heavy atom. The molecule has 0 bridgehead atoms. The first-order valence-corrected chi connectivity index (χ1v) is 4.63. The van der Waals surface area contributed by atoms with Crippen molar-refractivity contribution in [2.45, 2.75) is 6.92 Å². The molecule has 1 aromatic heterocycles. The van der Waals surface area contributed by atoms with Crippen LogP contribution in [0.1, 0.15) is 5.56 Å². The fraction of sp³-hybridized carbons (Fsp3) is 0.222. The zero-order valence-corrected chi connectivity index (χ0v) is 8.82. The second-order valence-corrected chi connectivity index (χ2v) is 3.78. The van der Waals surface area contributed by atoms with Crippen molar-refractivity contribution in [1.29, 1.82) is 0 Å². The van der Waals surface area contributed by atoms with E-state index >= 15 is 0 Å². The van der Waals surface area contributed by atoms with Gasteiger partial charge in [0, 0.05) is 12.1 Å². The average molecular weight is 215 g/mol. The van der Waals surface area contributed by atoms with Crippen LogP contribution in [0.4, 0.5) is 0 Å². The highest BCUT2D eigenvalue weighted by molar-refractivity contribution is 6.32. The summed E-state index contributed by atoms with van der Waals surface area (Å²) in [6.07, 6.45) is 0. The Morgan fingerprint density at radius 1 is 1.31 bits per heavy atom. The van der Waals surface area contributed by atoms with E-state index in [1.807, 2.05) is 30.7 Å². The number of fused-ring (bicyclic) bond motifs is 1. The fourth-order valence-corrected chi connectivity index (χ4v) is 1.63. The van der Waals surface area contributed by atoms with Crippen LogP contribution in [-0.4, -0.2) is 9.55 Å². The number of aromatic nitrogens is 2. The molecule has 0 atom stereocenters. The van der Waals surface area contributed by atoms with E-state index in [2.05, 4.69) is 4.98 Å². The van der Waals surface area contributed by atoms with Crippen LogP contribution in [-0.2, 0) is 7.05 Å². The SMILES string of the molecule is Cc1cc2nc(Cl)n(C)c2cc1Cl. The zero-order chi connectivity index (χ0) is 9.59. The third-order valence-corrected chi connectivity index (χ3v) is 2.85. The molecule has 0 radical (unpaired) electrons. The lowest BCUT2D eigenvalue weighted by atomic mass is 10.2. The van der Waals surface area contributed by atoms with Gasteiger partial charge >= 0.3 is 0 Å². The predicted octanol–water partition coefficient (Wildman–Crippen LogP) is 3.19. The summed E-state index contributed by atoms with van der Waals surface area (Å²) in [6, 6.07) is 3.81. The molecule has 0 aliphatic rings. The number of aryl methyl sites for hydroxylation is 2. The first kappa shape index (κ1) is 8.85. The van der Waals surface area contributed by atoms with Gasteiger partial charge < -0.3 is 4.57 Å². The molecule has 0 N–H and O–H groups in total. The van der Waals surface area contributed by atoms with Crippen LogP contribution in [0.15, 0.2) is 12.1 Å². The largest absolute Gasteiger partial charge is 0.318 e. The maximum atomic E-state index is 5.98. The Morgan fingerprint density at radius 3 is 2.69 bits per heavy atom. The molecule has 2 rings (SSSR count). The summed E-state index contributed by atoms with van der Waals surface area (Å²) in [4.78, 5) is 4.18. The van der Waals surface area contributed by atoms with E-state index in [-0.39, 0.29) is 0 Å². The minimum atomic E-state index is 0.483. The van der Waals surface area contributed by atoms with E-state index in [9.17, 15) is 0 Å². The lowest BCUT2D eigenvalue weighted by Crippen LogP contribution is -1.86. The van der Waals surface area contributed by atoms with Gasteiger partial charge in [-0.2, -0.15) is 0 Å². The van der Waals surface area contributed by atoms with Gasteiger partial charge in [-0.05, 0) is 36.2 Å². The van der Waals surface area contributed by atoms with Gasteiger partial charge in [-0.1, -0.05) is 11.6 Å². The van der Waals surface area contributed by atoms with Gasteiger partial charge in [0.05, 0.1) is 11.0 Å². The number of imidazole rings is 1. The van der Waals surface area contributed by atoms with Crippen molar-refractivity contribution in [3.05, 3.63) is 28.0 Å². The molecule has 2 nitrogen and oxygen atoms in total. The normalized spacial score (nSPS) is 11.1. The van der Waals surface area contributed by atoms with Crippen molar-refractivity contribution in [2.24, 2.45) is 7.05 Å². The highest BCUT2D eigenvalue weighted by atomic mass is 35.5. The minimum absolute atomic E-state index is 0.483. The second-order valence-electron chi connectivity index (χ2n) is 3.03. The molecular weight excluding hydrogens is 207 g/mol. The van der Waals surface area contributed by atoms with E-state index in [4.69, 9.17) is 23.2 Å². The molecule has 13 heavy (non-hydrogen) atoms. The topological polar surface area (TPSA) is 17.8 Å². The van der Waals surface area contributed by atoms with Crippen molar-refractivity contribution in [3.63, 3.8) is 0 Å². The van der Waals surface area contributed by atoms with Crippen LogP contribution in [0, 0.1) is 6.92 Å². The molecule has 0 aliphatic heterocycles. The van der Waals surface area contributed by atoms with Crippen LogP contribution in [0.2, 0.25) is 10.3 Å². The summed E-state index contributed by atoms with van der Waals surface area (Å²) in [5, 5.41) is 1.23. The molecule has 0 amide bonds. The summed E-state index contributed by atoms with van der Waals surface area (Å²) in [6.45, 7) is 1.95. The first-order valence-electron chi connectivity index (χ1n) is 3.87. The van der Waals surface area contributed by atoms with Crippen LogP contribution in [0.25, 0.3) is 11.0 Å². The summed E-state index contributed by atoms with van der Waals surface area (Å²) in [5.74, 6) is 0. The Labute approximate surface area is 86.1 Å². The van der Waals surface area contributed by atoms with Crippen LogP contribution >= 0.6 is 23.2 Å². The lowest BCUT2D eigenvalue weighted by molar-refractivity contribution is 0.949. The predicted molar refractivity (Wildman–Crippen MR) is 55.5 cm³/mol. The van der Waals surface area contributed by atoms with Gasteiger partial charge in [-0.15, -0.1) is 0 Å². The van der Waals surface area contributed by atoms with Gasteiger partial charge in [-0.3, -0.25) is 0 Å². The molecule has 4 heteroatoms. The van der Waals surface area contributed by atoms with Gasteiger partial charge in [0.2, 0.25) is 5.28 Å². The molecule has 0 spiro atoms. The monoisotopic (exact) mass is 214 g/mol. The Bertz CT molecular complexity index is 474. The maximum absolute atomic E-state index is 5.98. The zero-order valence-electron chi connectivity index (χ0n) is 7.31. The smallest absolute Gasteiger partial charge is 0.203 e. The number of hydrogen-bond donors (Lipinski definition) is 0. The van der Waals surface area contributed by atoms with Gasteiger partial charge in [0.25, 0.3) is 0 Å². The summed E-state index contributed by atoms with van der Waals surface area (Å²) in [7, 11) is 1.86. The van der Waals surface area contributed by atoms with Gasteiger partial charge in [-0.25, -0.2) is 4.98 Å². The number of nitrogens with zero attached hydrogens (tertiary/aromatic N) is 2. The van der Waals surface area contributed by atoms with E-state index < -0.39 is 0 Å². The highest BCUT2D eigenvalue weighted by Crippen LogP contribution is 2.24. The molecule has 0 unspecified atom stereocenters. The van der Waals surface area contributed by atoms with E-state index in [1.165, 1.54) is 0 Å². The van der Waals surface area contributed by atoms with Crippen LogP contribution in [0.3, 0.4) is 0 Å². The first-order chi connectivity index (χ1) is 6.09. The standard InChI is InChI=1S/C9H8Cl2N2/c1-5-3-7-8(4-6(5)10)13(2)9(11)12-7/h3-4H,1-2H3. The molecule has 0 aliphatic carbocycles. The quantitative estimate of drug-likeness (QED) is 0.659. The third-order valence-electron chi connectivity index (χ3n) is 2.11. The maximum Gasteiger partial charge on any atom is 0.203 e. The average Bonchev–Trinajstić information content (AvgIpc) is 2.32. The third kappa shape index (κ3) is 1.30. The van der Waals surface area contributed by atoms with Crippen molar-refractivity contribution in [3.8, 4) is 0 Å². The Kier molecular flexibility index (Phi) is 1.97. The lowest BCUT2D eigenvalue weighted by Gasteiger charge is -1.98. The second kappa shape index (κ2) is 2.89. The van der Waals surface area contributed by atoms with E-state index in [1.54, 1.807) is 0 Å². The number of hydrogen-bond acceptors (Lipinski definition) is 1. The molecule has 0 saturated carbocycles. The van der Waals surface area contributed by atoms with Crippen molar-refractivity contribution < 1.29 is 0 Å². The Hall–Kier alpha value is -0.730. The van der Waals surface area contributed by atoms with Crippen LogP contribution in [0.5, 0.6) is 0 Å². The van der Waals surface area contributed by atoms with E-state index in [0.717, 1.165) is 21.6 Å². The van der Waals surface area contributed by atoms with Gasteiger partial charge in [0.15, 0.2) is 0 Å². The van der Waals surface area contributed by atoms with Crippen molar-refractivity contribution >= 4 is 34.2 Å². The highest BCUT2D eigenvalue weighted by Gasteiger charge is 2.07. The summed E-state index contributed by atoms with van der Waals surface area (Å²) < 4.78 is 1.81. The number of benzene rings is 1. The molecule has 1 aromatic carbocycles. The molecular formula is C9H8Cl2N2. The Balaban J connectivity index is 2.89. The van der Waals surface area contributed by atoms with Crippen molar-refractivity contribution in [2.75, 3.05) is 0 Å². The van der Waals surface area contributed by atoms with Crippen molar-refractivity contribution in [1.82, 2.24) is 9.55 Å². The molecule has 1 heterocycles. The minimum Gasteiger partial charge on any atom is -0.318 e. The fourth-order valence-electron chi connectivity index (χ4n) is 1.29. The summed E-state index contributed by atoms with van der Waals surface area (Å²) >= 11 is 11.9. The van der Waals surface area contributed by atoms with Crippen LogP contribution < -0.4 is 0 Å². The van der Waals surface area contributed by atoms with Gasteiger partial charge in [0.1, 0.15) is 0 Å². The molecule has 0 saturated heterocycles. The number of rotatable bonds is 0.